The molecule has 1 aromatic carbocycles. The molecule has 0 aliphatic carbocycles. The molecule has 0 saturated carbocycles. The van der Waals surface area contributed by atoms with Gasteiger partial charge in [-0.3, -0.25) is 14.5 Å². The van der Waals surface area contributed by atoms with E-state index in [-0.39, 0.29) is 17.7 Å². The molecule has 3 rings (SSSR count). The SMILES string of the molecule is Cn1nccc1-c1ccc(C(=O)N[C@@H](Cc2ccccc2C(F)(F)F)C(NC(=O)O)C(C)(C)C)nc1. The molecule has 11 heteroatoms. The fourth-order valence-corrected chi connectivity index (χ4v) is 4.10. The molecule has 1 unspecified atom stereocenters. The largest absolute Gasteiger partial charge is 0.465 e. The molecule has 0 radical (unpaired) electrons. The normalized spacial score (nSPS) is 13.6. The molecular formula is C25H28F3N5O3. The Morgan fingerprint density at radius 1 is 1.06 bits per heavy atom. The van der Waals surface area contributed by atoms with Gasteiger partial charge < -0.3 is 15.7 Å². The number of carbonyl (C=O) groups excluding carboxylic acids is 1. The van der Waals surface area contributed by atoms with Crippen LogP contribution < -0.4 is 10.6 Å². The molecule has 0 saturated heterocycles. The summed E-state index contributed by atoms with van der Waals surface area (Å²) in [5.41, 5.74) is -0.0858. The van der Waals surface area contributed by atoms with Crippen LogP contribution in [0.15, 0.2) is 54.9 Å². The lowest BCUT2D eigenvalue weighted by Gasteiger charge is -2.37. The summed E-state index contributed by atoms with van der Waals surface area (Å²) in [4.78, 5) is 28.9. The van der Waals surface area contributed by atoms with Gasteiger partial charge >= 0.3 is 12.3 Å². The maximum absolute atomic E-state index is 13.6. The van der Waals surface area contributed by atoms with Gasteiger partial charge in [-0.15, -0.1) is 0 Å². The van der Waals surface area contributed by atoms with Crippen LogP contribution in [0, 0.1) is 5.41 Å². The number of hydrogen-bond donors (Lipinski definition) is 3. The highest BCUT2D eigenvalue weighted by Crippen LogP contribution is 2.33. The van der Waals surface area contributed by atoms with E-state index in [0.717, 1.165) is 17.3 Å². The highest BCUT2D eigenvalue weighted by molar-refractivity contribution is 5.92. The number of benzene rings is 1. The summed E-state index contributed by atoms with van der Waals surface area (Å²) in [6, 6.07) is 8.09. The molecule has 0 spiro atoms. The molecule has 192 valence electrons. The van der Waals surface area contributed by atoms with Crippen LogP contribution in [0.1, 0.15) is 42.4 Å². The zero-order valence-electron chi connectivity index (χ0n) is 20.3. The van der Waals surface area contributed by atoms with E-state index in [1.165, 1.54) is 30.5 Å². The second-order valence-corrected chi connectivity index (χ2v) is 9.50. The third-order valence-electron chi connectivity index (χ3n) is 5.81. The molecule has 36 heavy (non-hydrogen) atoms. The Bertz CT molecular complexity index is 1220. The van der Waals surface area contributed by atoms with Gasteiger partial charge in [0.1, 0.15) is 5.69 Å². The maximum Gasteiger partial charge on any atom is 0.416 e. The van der Waals surface area contributed by atoms with Gasteiger partial charge in [0.05, 0.1) is 23.3 Å². The number of rotatable bonds is 7. The van der Waals surface area contributed by atoms with Crippen LogP contribution in [0.4, 0.5) is 18.0 Å². The van der Waals surface area contributed by atoms with Gasteiger partial charge in [-0.2, -0.15) is 18.3 Å². The molecule has 0 fully saturated rings. The number of alkyl halides is 3. The third kappa shape index (κ3) is 6.41. The van der Waals surface area contributed by atoms with Gasteiger partial charge in [-0.25, -0.2) is 4.79 Å². The lowest BCUT2D eigenvalue weighted by atomic mass is 9.79. The van der Waals surface area contributed by atoms with Crippen LogP contribution in [0.3, 0.4) is 0 Å². The lowest BCUT2D eigenvalue weighted by molar-refractivity contribution is -0.138. The quantitative estimate of drug-likeness (QED) is 0.439. The topological polar surface area (TPSA) is 109 Å². The Labute approximate surface area is 206 Å². The lowest BCUT2D eigenvalue weighted by Crippen LogP contribution is -2.58. The van der Waals surface area contributed by atoms with Crippen LogP contribution in [0.25, 0.3) is 11.3 Å². The molecule has 0 bridgehead atoms. The predicted octanol–water partition coefficient (Wildman–Crippen LogP) is 4.52. The maximum atomic E-state index is 13.6. The number of nitrogens with one attached hydrogen (secondary N) is 2. The highest BCUT2D eigenvalue weighted by atomic mass is 19.4. The molecule has 3 N–H and O–H groups in total. The Kier molecular flexibility index (Phi) is 7.71. The Hall–Kier alpha value is -3.89. The summed E-state index contributed by atoms with van der Waals surface area (Å²) in [6.45, 7) is 5.22. The molecular weight excluding hydrogens is 475 g/mol. The van der Waals surface area contributed by atoms with Crippen LogP contribution in [0.2, 0.25) is 0 Å². The van der Waals surface area contributed by atoms with E-state index in [1.807, 2.05) is 0 Å². The van der Waals surface area contributed by atoms with Crippen molar-refractivity contribution in [2.24, 2.45) is 12.5 Å². The van der Waals surface area contributed by atoms with Gasteiger partial charge in [0, 0.05) is 25.0 Å². The molecule has 2 amide bonds. The van der Waals surface area contributed by atoms with E-state index >= 15 is 0 Å². The minimum absolute atomic E-state index is 0.0398. The number of amides is 2. The summed E-state index contributed by atoms with van der Waals surface area (Å²) in [5, 5.41) is 18.6. The number of aromatic nitrogens is 3. The third-order valence-corrected chi connectivity index (χ3v) is 5.81. The van der Waals surface area contributed by atoms with Crippen molar-refractivity contribution in [2.45, 2.75) is 45.5 Å². The van der Waals surface area contributed by atoms with Gasteiger partial charge in [0.2, 0.25) is 0 Å². The van der Waals surface area contributed by atoms with Crippen LogP contribution in [0.5, 0.6) is 0 Å². The van der Waals surface area contributed by atoms with Crippen LogP contribution in [-0.4, -0.2) is 44.0 Å². The van der Waals surface area contributed by atoms with Gasteiger partial charge in [0.15, 0.2) is 0 Å². The Balaban J connectivity index is 1.94. The zero-order valence-corrected chi connectivity index (χ0v) is 20.3. The average molecular weight is 504 g/mol. The summed E-state index contributed by atoms with van der Waals surface area (Å²) in [5.74, 6) is -0.637. The van der Waals surface area contributed by atoms with Crippen LogP contribution in [-0.2, 0) is 19.6 Å². The Morgan fingerprint density at radius 2 is 1.75 bits per heavy atom. The van der Waals surface area contributed by atoms with E-state index < -0.39 is 41.2 Å². The number of halogens is 3. The van der Waals surface area contributed by atoms with Gasteiger partial charge in [-0.1, -0.05) is 39.0 Å². The zero-order chi connectivity index (χ0) is 26.7. The fraction of sp³-hybridized carbons (Fsp3) is 0.360. The average Bonchev–Trinajstić information content (AvgIpc) is 3.21. The second-order valence-electron chi connectivity index (χ2n) is 9.50. The molecule has 2 atom stereocenters. The van der Waals surface area contributed by atoms with E-state index in [0.29, 0.717) is 0 Å². The first-order chi connectivity index (χ1) is 16.8. The van der Waals surface area contributed by atoms with Crippen molar-refractivity contribution in [3.05, 3.63) is 71.7 Å². The van der Waals surface area contributed by atoms with E-state index in [9.17, 15) is 27.9 Å². The highest BCUT2D eigenvalue weighted by Gasteiger charge is 2.38. The summed E-state index contributed by atoms with van der Waals surface area (Å²) in [6.07, 6.45) is -3.09. The van der Waals surface area contributed by atoms with Crippen molar-refractivity contribution >= 4 is 12.0 Å². The monoisotopic (exact) mass is 503 g/mol. The minimum Gasteiger partial charge on any atom is -0.465 e. The fourth-order valence-electron chi connectivity index (χ4n) is 4.10. The summed E-state index contributed by atoms with van der Waals surface area (Å²) < 4.78 is 42.6. The predicted molar refractivity (Wildman–Crippen MR) is 127 cm³/mol. The number of hydrogen-bond acceptors (Lipinski definition) is 4. The first-order valence-corrected chi connectivity index (χ1v) is 11.2. The Morgan fingerprint density at radius 3 is 2.28 bits per heavy atom. The molecule has 3 aromatic rings. The van der Waals surface area contributed by atoms with Crippen molar-refractivity contribution in [3.63, 3.8) is 0 Å². The van der Waals surface area contributed by atoms with Crippen molar-refractivity contribution in [1.29, 1.82) is 0 Å². The minimum atomic E-state index is -4.61. The van der Waals surface area contributed by atoms with Crippen molar-refractivity contribution in [2.75, 3.05) is 0 Å². The van der Waals surface area contributed by atoms with Crippen molar-refractivity contribution < 1.29 is 27.9 Å². The number of aryl methyl sites for hydroxylation is 1. The summed E-state index contributed by atoms with van der Waals surface area (Å²) in [7, 11) is 1.77. The molecule has 8 nitrogen and oxygen atoms in total. The van der Waals surface area contributed by atoms with Gasteiger partial charge in [-0.05, 0) is 41.7 Å². The molecule has 0 aliphatic rings. The smallest absolute Gasteiger partial charge is 0.416 e. The number of nitrogens with zero attached hydrogens (tertiary/aromatic N) is 3. The summed E-state index contributed by atoms with van der Waals surface area (Å²) >= 11 is 0. The number of pyridine rings is 1. The van der Waals surface area contributed by atoms with Crippen LogP contribution >= 0.6 is 0 Å². The van der Waals surface area contributed by atoms with Crippen molar-refractivity contribution in [1.82, 2.24) is 25.4 Å². The van der Waals surface area contributed by atoms with E-state index in [2.05, 4.69) is 20.7 Å². The molecule has 0 aliphatic heterocycles. The number of carboxylic acid groups (broad SMARTS) is 1. The first-order valence-electron chi connectivity index (χ1n) is 11.2. The number of carbonyl (C=O) groups is 2. The first kappa shape index (κ1) is 26.7. The molecule has 2 aromatic heterocycles. The van der Waals surface area contributed by atoms with Crippen molar-refractivity contribution in [3.8, 4) is 11.3 Å². The van der Waals surface area contributed by atoms with E-state index in [4.69, 9.17) is 0 Å². The second kappa shape index (κ2) is 10.4. The standard InChI is InChI=1S/C25H28F3N5O3/c1-24(2,3)21(32-23(35)36)19(13-15-7-5-6-8-17(15)25(26,27)28)31-22(34)18-10-9-16(14-29-18)20-11-12-30-33(20)4/h5-12,14,19,21,32H,13H2,1-4H3,(H,31,34)(H,35,36)/t19-,21?/m0/s1. The molecule has 2 heterocycles. The van der Waals surface area contributed by atoms with Gasteiger partial charge in [0.25, 0.3) is 5.91 Å². The van der Waals surface area contributed by atoms with E-state index in [1.54, 1.807) is 50.8 Å².